The second kappa shape index (κ2) is 28.0. The van der Waals surface area contributed by atoms with Crippen LogP contribution in [0.3, 0.4) is 0 Å². The molecule has 6 aliphatic rings. The number of alkyl halides is 1. The smallest absolute Gasteiger partial charge is 0.333 e. The van der Waals surface area contributed by atoms with Crippen molar-refractivity contribution in [2.45, 2.75) is 64.8 Å². The topological polar surface area (TPSA) is 106 Å². The number of nitrogens with one attached hydrogen (secondary N) is 2. The monoisotopic (exact) mass is 1000 g/mol. The number of carbonyl (C=O) groups excluding carboxylic acids is 3. The van der Waals surface area contributed by atoms with Crippen LogP contribution in [-0.2, 0) is 19.1 Å². The zero-order valence-electron chi connectivity index (χ0n) is 38.9. The van der Waals surface area contributed by atoms with Crippen molar-refractivity contribution < 1.29 is 45.5 Å². The van der Waals surface area contributed by atoms with E-state index in [-0.39, 0.29) is 63.3 Å². The Balaban J connectivity index is 0.000000223. The number of para-hydroxylation sites is 3. The van der Waals surface area contributed by atoms with Crippen molar-refractivity contribution in [2.24, 2.45) is 11.8 Å². The molecule has 4 bridgehead atoms. The van der Waals surface area contributed by atoms with Crippen LogP contribution in [0.15, 0.2) is 182 Å². The minimum Gasteiger partial charge on any atom is -1.00 e. The zero-order chi connectivity index (χ0) is 47.0. The van der Waals surface area contributed by atoms with Gasteiger partial charge in [-0.1, -0.05) is 172 Å². The molecule has 6 saturated heterocycles. The lowest BCUT2D eigenvalue weighted by Crippen LogP contribution is -3.00. The second-order valence-electron chi connectivity index (χ2n) is 18.1. The van der Waals surface area contributed by atoms with Crippen LogP contribution in [0.5, 0.6) is 5.75 Å². The van der Waals surface area contributed by atoms with E-state index in [9.17, 15) is 14.4 Å². The molecule has 0 unspecified atom stereocenters. The Kier molecular flexibility index (Phi) is 22.0. The van der Waals surface area contributed by atoms with Crippen molar-refractivity contribution in [2.75, 3.05) is 62.5 Å². The third-order valence-electron chi connectivity index (χ3n) is 13.6. The lowest BCUT2D eigenvalue weighted by atomic mass is 9.82. The van der Waals surface area contributed by atoms with E-state index in [0.29, 0.717) is 29.4 Å². The van der Waals surface area contributed by atoms with Gasteiger partial charge in [-0.25, -0.2) is 9.59 Å². The molecule has 12 heteroatoms. The normalized spacial score (nSPS) is 21.9. The van der Waals surface area contributed by atoms with Gasteiger partial charge in [0.25, 0.3) is 0 Å². The van der Waals surface area contributed by atoms with E-state index in [2.05, 4.69) is 15.5 Å². The number of nitrogens with zero attached hydrogens (tertiary/aromatic N) is 2. The molecule has 6 aromatic carbocycles. The molecule has 6 aromatic rings. The lowest BCUT2D eigenvalue weighted by Gasteiger charge is -2.51. The van der Waals surface area contributed by atoms with Crippen LogP contribution in [0.1, 0.15) is 74.1 Å². The van der Waals surface area contributed by atoms with Crippen LogP contribution in [-0.4, -0.2) is 91.2 Å². The van der Waals surface area contributed by atoms with Crippen molar-refractivity contribution in [3.63, 3.8) is 0 Å². The first kappa shape index (κ1) is 55.8. The summed E-state index contributed by atoms with van der Waals surface area (Å²) in [5.74, 6) is 1.41. The summed E-state index contributed by atoms with van der Waals surface area (Å²) >= 11 is 5.31. The molecule has 0 aliphatic carbocycles. The fraction of sp³-hybridized carbons (Fsp3) is 0.339. The van der Waals surface area contributed by atoms with E-state index in [1.165, 1.54) is 0 Å². The third kappa shape index (κ3) is 15.7. The molecule has 71 heavy (non-hydrogen) atoms. The van der Waals surface area contributed by atoms with Gasteiger partial charge in [0, 0.05) is 42.2 Å². The summed E-state index contributed by atoms with van der Waals surface area (Å²) in [6.07, 6.45) is 4.12. The molecule has 0 saturated carbocycles. The molecule has 12 rings (SSSR count). The first-order valence-electron chi connectivity index (χ1n) is 23.9. The number of hydrogen-bond donors (Lipinski definition) is 2. The number of benzene rings is 6. The highest BCUT2D eigenvalue weighted by molar-refractivity contribution is 6.17. The molecule has 4 atom stereocenters. The fourth-order valence-corrected chi connectivity index (χ4v) is 10.0. The number of carbonyl (C=O) groups is 3. The molecule has 2 N–H and O–H groups in total. The Labute approximate surface area is 432 Å². The molecule has 0 aromatic heterocycles. The number of ether oxygens (including phenoxy) is 3. The summed E-state index contributed by atoms with van der Waals surface area (Å²) in [6, 6.07) is 57.2. The molecule has 6 aliphatic heterocycles. The molecule has 0 amide bonds. The summed E-state index contributed by atoms with van der Waals surface area (Å²) in [7, 11) is 0. The summed E-state index contributed by atoms with van der Waals surface area (Å²) in [6.45, 7) is 6.29. The van der Waals surface area contributed by atoms with Crippen molar-refractivity contribution in [3.05, 3.63) is 199 Å². The number of ketones is 1. The zero-order valence-corrected chi connectivity index (χ0v) is 40.4. The van der Waals surface area contributed by atoms with Gasteiger partial charge in [0.05, 0.1) is 13.1 Å². The van der Waals surface area contributed by atoms with E-state index >= 15 is 0 Å². The van der Waals surface area contributed by atoms with E-state index in [1.54, 1.807) is 0 Å². The number of anilines is 2. The van der Waals surface area contributed by atoms with Gasteiger partial charge >= 0.3 is 11.9 Å². The van der Waals surface area contributed by atoms with Gasteiger partial charge in [-0.2, -0.15) is 0 Å². The van der Waals surface area contributed by atoms with Gasteiger partial charge in [-0.05, 0) is 79.4 Å². The number of esters is 2. The quantitative estimate of drug-likeness (QED) is 0.0452. The Bertz CT molecular complexity index is 2460. The van der Waals surface area contributed by atoms with E-state index in [0.717, 1.165) is 92.2 Å². The number of halogens is 2. The predicted octanol–water partition coefficient (Wildman–Crippen LogP) is 8.89. The van der Waals surface area contributed by atoms with Gasteiger partial charge in [0.1, 0.15) is 24.9 Å². The van der Waals surface area contributed by atoms with Gasteiger partial charge in [0.15, 0.2) is 24.3 Å². The SMILES string of the molecule is C.C.ClCOc1ccccc1.O=C(C[N+]12CCC(CC1)[C@@H](OC(=O)[C@H](Nc1ccccc1)c1ccccc1)C2)c1ccccc1.O=C(O[C@H]1CN2CCC1CC2)[C@H](Nc1ccccc1)c1ccccc1.[Cl-]. The average Bonchev–Trinajstić information content (AvgIpc) is 3.40. The van der Waals surface area contributed by atoms with Crippen LogP contribution in [0.25, 0.3) is 0 Å². The molecule has 6 fully saturated rings. The average molecular weight is 1000 g/mol. The number of rotatable bonds is 15. The van der Waals surface area contributed by atoms with E-state index < -0.39 is 12.1 Å². The Hall–Kier alpha value is -6.17. The Morgan fingerprint density at radius 3 is 1.41 bits per heavy atom. The summed E-state index contributed by atoms with van der Waals surface area (Å²) in [4.78, 5) is 41.9. The van der Waals surface area contributed by atoms with Crippen LogP contribution in [0.4, 0.5) is 11.4 Å². The number of piperidine rings is 6. The summed E-state index contributed by atoms with van der Waals surface area (Å²) in [5, 5.41) is 6.70. The van der Waals surface area contributed by atoms with Crippen LogP contribution < -0.4 is 27.8 Å². The number of fused-ring (bicyclic) bond motifs is 6. The number of hydrogen-bond acceptors (Lipinski definition) is 9. The standard InChI is InChI=1S/C29H31N2O3.C21H24N2O2.C7H7ClO.2CH4.ClH/c32-26(22-10-4-1-5-11-22)20-31-18-16-23(17-19-31)27(21-31)34-29(33)28(24-12-6-2-7-13-24)30-25-14-8-3-9-15-25;24-21(25-19-15-23-13-11-16(19)12-14-23)20(17-7-3-1-4-8-17)22-18-9-5-2-6-10-18;8-6-9-7-4-2-1-3-5-7;;;/h1-15,23,27-28,30H,16-21H2;1-10,16,19-20,22H,11-15H2;1-5H,6H2;2*1H4;1H/q+1;;;;;/p-1/t23?,27-,28+,31?;19-,20+;;;;/m00..../s1. The Morgan fingerprint density at radius 2 is 0.972 bits per heavy atom. The molecular weight excluding hydrogens is 932 g/mol. The maximum atomic E-state index is 13.5. The first-order chi connectivity index (χ1) is 33.3. The molecule has 6 heterocycles. The maximum Gasteiger partial charge on any atom is 0.333 e. The van der Waals surface area contributed by atoms with Gasteiger partial charge in [-0.3, -0.25) is 9.69 Å². The van der Waals surface area contributed by atoms with E-state index in [4.69, 9.17) is 25.8 Å². The maximum absolute atomic E-state index is 13.5. The fourth-order valence-electron chi connectivity index (χ4n) is 9.91. The van der Waals surface area contributed by atoms with Crippen LogP contribution >= 0.6 is 11.6 Å². The van der Waals surface area contributed by atoms with Gasteiger partial charge < -0.3 is 41.7 Å². The largest absolute Gasteiger partial charge is 1.00 e. The highest BCUT2D eigenvalue weighted by Gasteiger charge is 2.49. The van der Waals surface area contributed by atoms with E-state index in [1.807, 2.05) is 182 Å². The van der Waals surface area contributed by atoms with Crippen LogP contribution in [0.2, 0.25) is 0 Å². The molecule has 376 valence electrons. The minimum atomic E-state index is -0.585. The molecular formula is C59H70Cl2N4O6. The van der Waals surface area contributed by atoms with Crippen molar-refractivity contribution in [1.82, 2.24) is 4.90 Å². The van der Waals surface area contributed by atoms with Crippen molar-refractivity contribution in [3.8, 4) is 5.75 Å². The van der Waals surface area contributed by atoms with Crippen molar-refractivity contribution >= 4 is 40.7 Å². The number of quaternary nitrogens is 1. The van der Waals surface area contributed by atoms with Crippen LogP contribution in [0, 0.1) is 11.8 Å². The predicted molar refractivity (Wildman–Crippen MR) is 282 cm³/mol. The van der Waals surface area contributed by atoms with Gasteiger partial charge in [-0.15, -0.1) is 0 Å². The molecule has 0 spiro atoms. The second-order valence-corrected chi connectivity index (χ2v) is 18.3. The molecule has 0 radical (unpaired) electrons. The van der Waals surface area contributed by atoms with Crippen molar-refractivity contribution in [1.29, 1.82) is 0 Å². The molecule has 10 nitrogen and oxygen atoms in total. The summed E-state index contributed by atoms with van der Waals surface area (Å²) < 4.78 is 17.9. The first-order valence-corrected chi connectivity index (χ1v) is 24.4. The summed E-state index contributed by atoms with van der Waals surface area (Å²) in [5.41, 5.74) is 4.35. The third-order valence-corrected chi connectivity index (χ3v) is 13.7. The number of Topliss-reactive ketones (excluding diaryl/α,β-unsaturated/α-hetero) is 1. The Morgan fingerprint density at radius 1 is 0.563 bits per heavy atom. The highest BCUT2D eigenvalue weighted by atomic mass is 35.5. The van der Waals surface area contributed by atoms with Gasteiger partial charge in [0.2, 0.25) is 5.78 Å². The highest BCUT2D eigenvalue weighted by Crippen LogP contribution is 2.37. The lowest BCUT2D eigenvalue weighted by molar-refractivity contribution is -0.938. The minimum absolute atomic E-state index is 0.